The van der Waals surface area contributed by atoms with Crippen molar-refractivity contribution in [1.29, 1.82) is 0 Å². The van der Waals surface area contributed by atoms with Crippen LogP contribution in [0, 0.1) is 0 Å². The standard InChI is InChI=1S/C45H30N2/c1-3-14-31(15-4-1)34-16-13-17-35(30-34)44-39-22-9-7-20-37(39)43(38-21-8-10-23-40(38)44)32-26-28-33(29-27-32)45-46-41-24-11-12-25-42(41)47(45)36-18-5-2-6-19-36/h1-30H/i1D,2D,3D,4D,5D,6D,14D,15D,18D,19D. The second-order valence-electron chi connectivity index (χ2n) is 11.2. The van der Waals surface area contributed by atoms with Crippen LogP contribution >= 0.6 is 0 Å². The first-order valence-corrected chi connectivity index (χ1v) is 15.2. The van der Waals surface area contributed by atoms with Crippen LogP contribution in [0.4, 0.5) is 0 Å². The summed E-state index contributed by atoms with van der Waals surface area (Å²) in [6, 6.07) is 35.3. The number of nitrogens with zero attached hydrogens (tertiary/aromatic N) is 2. The van der Waals surface area contributed by atoms with Crippen LogP contribution in [0.15, 0.2) is 182 Å². The fourth-order valence-electron chi connectivity index (χ4n) is 6.56. The number of aromatic nitrogens is 2. The lowest BCUT2D eigenvalue weighted by molar-refractivity contribution is 1.10. The monoisotopic (exact) mass is 608 g/mol. The SMILES string of the molecule is [2H]c1c([2H])c([2H])c(-c2cccc(-c3c4ccccc4c(-c4ccc(-c5nc6ccccc6n5-c5c([2H])c([2H])c([2H])c([2H])c5[2H])cc4)c4ccccc34)c2)c([2H])c1[2H]. The quantitative estimate of drug-likeness (QED) is 0.178. The van der Waals surface area contributed by atoms with Crippen LogP contribution in [-0.2, 0) is 0 Å². The zero-order valence-electron chi connectivity index (χ0n) is 34.9. The van der Waals surface area contributed by atoms with E-state index in [1.54, 1.807) is 10.6 Å². The van der Waals surface area contributed by atoms with E-state index in [0.29, 0.717) is 28.0 Å². The zero-order chi connectivity index (χ0) is 39.9. The van der Waals surface area contributed by atoms with Crippen molar-refractivity contribution < 1.29 is 13.7 Å². The first-order chi connectivity index (χ1) is 27.5. The Morgan fingerprint density at radius 2 is 0.957 bits per heavy atom. The second kappa shape index (κ2) is 11.3. The summed E-state index contributed by atoms with van der Waals surface area (Å²) in [6.07, 6.45) is 0. The topological polar surface area (TPSA) is 17.8 Å². The van der Waals surface area contributed by atoms with E-state index in [1.807, 2.05) is 91.0 Å². The Hall–Kier alpha value is -6.25. The molecule has 0 bridgehead atoms. The van der Waals surface area contributed by atoms with Gasteiger partial charge < -0.3 is 0 Å². The van der Waals surface area contributed by atoms with Gasteiger partial charge in [-0.25, -0.2) is 4.98 Å². The molecule has 1 aromatic heterocycles. The molecule has 0 unspecified atom stereocenters. The summed E-state index contributed by atoms with van der Waals surface area (Å²) >= 11 is 0. The van der Waals surface area contributed by atoms with Crippen molar-refractivity contribution in [3.05, 3.63) is 182 Å². The van der Waals surface area contributed by atoms with Crippen LogP contribution in [0.1, 0.15) is 13.7 Å². The van der Waals surface area contributed by atoms with Gasteiger partial charge in [0, 0.05) is 11.3 Å². The Morgan fingerprint density at radius 3 is 1.62 bits per heavy atom. The first-order valence-electron chi connectivity index (χ1n) is 20.2. The lowest BCUT2D eigenvalue weighted by Crippen LogP contribution is -1.97. The number of benzene rings is 8. The summed E-state index contributed by atoms with van der Waals surface area (Å²) < 4.78 is 85.8. The minimum Gasteiger partial charge on any atom is -0.292 e. The maximum Gasteiger partial charge on any atom is 0.145 e. The Kier molecular flexibility index (Phi) is 4.48. The predicted molar refractivity (Wildman–Crippen MR) is 198 cm³/mol. The molecule has 9 aromatic rings. The van der Waals surface area contributed by atoms with E-state index in [2.05, 4.69) is 24.3 Å². The molecule has 0 N–H and O–H groups in total. The van der Waals surface area contributed by atoms with Gasteiger partial charge >= 0.3 is 0 Å². The molecule has 9 rings (SSSR count). The molecule has 0 aliphatic carbocycles. The van der Waals surface area contributed by atoms with Gasteiger partial charge in [0.05, 0.1) is 24.7 Å². The smallest absolute Gasteiger partial charge is 0.145 e. The van der Waals surface area contributed by atoms with Crippen molar-refractivity contribution in [2.45, 2.75) is 0 Å². The molecule has 0 saturated heterocycles. The molecule has 0 saturated carbocycles. The molecule has 47 heavy (non-hydrogen) atoms. The molecule has 0 aliphatic rings. The van der Waals surface area contributed by atoms with E-state index in [4.69, 9.17) is 18.7 Å². The third kappa shape index (κ3) is 4.62. The molecule has 8 aromatic carbocycles. The molecule has 0 aliphatic heterocycles. The van der Waals surface area contributed by atoms with Gasteiger partial charge in [-0.2, -0.15) is 0 Å². The Balaban J connectivity index is 1.23. The van der Waals surface area contributed by atoms with E-state index in [-0.39, 0.29) is 47.5 Å². The highest BCUT2D eigenvalue weighted by molar-refractivity contribution is 6.21. The predicted octanol–water partition coefficient (Wildman–Crippen LogP) is 12.0. The Labute approximate surface area is 287 Å². The summed E-state index contributed by atoms with van der Waals surface area (Å²) in [4.78, 5) is 4.90. The highest BCUT2D eigenvalue weighted by Gasteiger charge is 2.18. The van der Waals surface area contributed by atoms with Gasteiger partial charge in [-0.15, -0.1) is 0 Å². The molecule has 0 spiro atoms. The maximum absolute atomic E-state index is 8.76. The van der Waals surface area contributed by atoms with Crippen LogP contribution in [0.2, 0.25) is 0 Å². The first kappa shape index (κ1) is 18.7. The van der Waals surface area contributed by atoms with Gasteiger partial charge in [0.25, 0.3) is 0 Å². The van der Waals surface area contributed by atoms with Gasteiger partial charge in [-0.3, -0.25) is 4.57 Å². The van der Waals surface area contributed by atoms with Crippen molar-refractivity contribution in [3.63, 3.8) is 0 Å². The van der Waals surface area contributed by atoms with Crippen LogP contribution in [0.5, 0.6) is 0 Å². The van der Waals surface area contributed by atoms with Gasteiger partial charge in [0.2, 0.25) is 0 Å². The maximum atomic E-state index is 8.76. The van der Waals surface area contributed by atoms with Crippen LogP contribution in [0.3, 0.4) is 0 Å². The molecule has 2 heteroatoms. The summed E-state index contributed by atoms with van der Waals surface area (Å²) in [5.74, 6) is 0.436. The number of hydrogen-bond donors (Lipinski definition) is 0. The summed E-state index contributed by atoms with van der Waals surface area (Å²) in [5.41, 5.74) is 6.32. The molecular weight excluding hydrogens is 569 g/mol. The van der Waals surface area contributed by atoms with E-state index >= 15 is 0 Å². The largest absolute Gasteiger partial charge is 0.292 e. The lowest BCUT2D eigenvalue weighted by atomic mass is 9.85. The van der Waals surface area contributed by atoms with E-state index < -0.39 is 24.2 Å². The molecular formula is C45H30N2. The lowest BCUT2D eigenvalue weighted by Gasteiger charge is -2.18. The fourth-order valence-corrected chi connectivity index (χ4v) is 6.56. The van der Waals surface area contributed by atoms with Crippen molar-refractivity contribution in [2.24, 2.45) is 0 Å². The Morgan fingerprint density at radius 1 is 0.426 bits per heavy atom. The Bertz CT molecular complexity index is 3020. The number of rotatable bonds is 5. The van der Waals surface area contributed by atoms with Gasteiger partial charge in [-0.05, 0) is 85.2 Å². The molecule has 2 nitrogen and oxygen atoms in total. The number of hydrogen-bond acceptors (Lipinski definition) is 1. The van der Waals surface area contributed by atoms with Crippen molar-refractivity contribution in [1.82, 2.24) is 9.55 Å². The third-order valence-corrected chi connectivity index (χ3v) is 8.57. The van der Waals surface area contributed by atoms with Crippen LogP contribution < -0.4 is 0 Å². The summed E-state index contributed by atoms with van der Waals surface area (Å²) in [7, 11) is 0. The van der Waals surface area contributed by atoms with Crippen molar-refractivity contribution in [2.75, 3.05) is 0 Å². The second-order valence-corrected chi connectivity index (χ2v) is 11.2. The number of para-hydroxylation sites is 3. The fraction of sp³-hybridized carbons (Fsp3) is 0. The number of imidazole rings is 1. The van der Waals surface area contributed by atoms with E-state index in [9.17, 15) is 0 Å². The zero-order valence-corrected chi connectivity index (χ0v) is 24.9. The molecule has 220 valence electrons. The van der Waals surface area contributed by atoms with E-state index in [1.165, 1.54) is 0 Å². The average molecular weight is 609 g/mol. The van der Waals surface area contributed by atoms with Crippen LogP contribution in [0.25, 0.3) is 83.0 Å². The van der Waals surface area contributed by atoms with Gasteiger partial charge in [0.15, 0.2) is 0 Å². The molecule has 0 fully saturated rings. The number of fused-ring (bicyclic) bond motifs is 3. The summed E-state index contributed by atoms with van der Waals surface area (Å²) in [5, 5.41) is 3.91. The molecule has 0 amide bonds. The minimum absolute atomic E-state index is 0.0250. The molecule has 0 radical (unpaired) electrons. The molecule has 1 heterocycles. The normalized spacial score (nSPS) is 14.4. The average Bonchev–Trinajstić information content (AvgIpc) is 3.62. The van der Waals surface area contributed by atoms with Crippen molar-refractivity contribution in [3.8, 4) is 50.5 Å². The van der Waals surface area contributed by atoms with E-state index in [0.717, 1.165) is 43.8 Å². The van der Waals surface area contributed by atoms with Crippen molar-refractivity contribution >= 4 is 32.6 Å². The summed E-state index contributed by atoms with van der Waals surface area (Å²) in [6.45, 7) is 0. The van der Waals surface area contributed by atoms with Gasteiger partial charge in [-0.1, -0.05) is 151 Å². The highest BCUT2D eigenvalue weighted by atomic mass is 15.1. The molecule has 0 atom stereocenters. The minimum atomic E-state index is -0.462. The third-order valence-electron chi connectivity index (χ3n) is 8.57. The highest BCUT2D eigenvalue weighted by Crippen LogP contribution is 2.44. The van der Waals surface area contributed by atoms with Crippen LogP contribution in [-0.4, -0.2) is 9.55 Å². The van der Waals surface area contributed by atoms with Gasteiger partial charge in [0.1, 0.15) is 5.82 Å².